The molecular formula is C27H26N10O2. The fraction of sp³-hybridized carbons (Fsp3) is 0.185. The highest BCUT2D eigenvalue weighted by molar-refractivity contribution is 5.82. The molecule has 39 heavy (non-hydrogen) atoms. The van der Waals surface area contributed by atoms with Crippen LogP contribution >= 0.6 is 0 Å². The molecule has 196 valence electrons. The van der Waals surface area contributed by atoms with Crippen molar-refractivity contribution >= 4 is 12.4 Å². The second-order valence-corrected chi connectivity index (χ2v) is 8.89. The van der Waals surface area contributed by atoms with E-state index >= 15 is 0 Å². The Bertz CT molecular complexity index is 1570. The van der Waals surface area contributed by atoms with Gasteiger partial charge in [0.25, 0.3) is 0 Å². The number of aromatic nitrogens is 8. The lowest BCUT2D eigenvalue weighted by Gasteiger charge is -2.22. The Labute approximate surface area is 224 Å². The maximum Gasteiger partial charge on any atom is 0.173 e. The van der Waals surface area contributed by atoms with Crippen LogP contribution in [0, 0.1) is 13.8 Å². The van der Waals surface area contributed by atoms with Crippen molar-refractivity contribution in [1.29, 1.82) is 0 Å². The smallest absolute Gasteiger partial charge is 0.173 e. The third-order valence-corrected chi connectivity index (χ3v) is 6.26. The van der Waals surface area contributed by atoms with E-state index in [9.17, 15) is 10.2 Å². The fourth-order valence-electron chi connectivity index (χ4n) is 4.20. The minimum atomic E-state index is -0.497. The summed E-state index contributed by atoms with van der Waals surface area (Å²) in [5.74, 6) is 0.753. The van der Waals surface area contributed by atoms with Gasteiger partial charge >= 0.3 is 0 Å². The molecule has 2 N–H and O–H groups in total. The van der Waals surface area contributed by atoms with Gasteiger partial charge in [0.05, 0.1) is 12.4 Å². The summed E-state index contributed by atoms with van der Waals surface area (Å²) in [4.78, 5) is 2.63. The standard InChI is InChI=1S/C27H26N10O2/c1-4-19-6-5-7-22(12-19)27(23-13-20(8-10-25(23)38)15-28-36-17(2)30-32-34-36)24-14-21(9-11-26(24)39)16-29-37-18(3)31-33-35-37/h5-16,27,38-39H,4H2,1-3H3/b28-15+,29-16+. The Hall–Kier alpha value is -5.26. The SMILES string of the molecule is CCc1cccc(C(c2cc(/C=N/n3nnnc3C)ccc2O)c2cc(/C=N/n3nnnc3C)ccc2O)c1. The molecule has 0 aliphatic carbocycles. The maximum atomic E-state index is 11.1. The predicted molar refractivity (Wildman–Crippen MR) is 144 cm³/mol. The Kier molecular flexibility index (Phi) is 7.17. The molecule has 0 unspecified atom stereocenters. The Morgan fingerprint density at radius 2 is 1.31 bits per heavy atom. The van der Waals surface area contributed by atoms with Gasteiger partial charge in [-0.3, -0.25) is 0 Å². The minimum absolute atomic E-state index is 0.0837. The molecule has 0 radical (unpaired) electrons. The average molecular weight is 523 g/mol. The van der Waals surface area contributed by atoms with E-state index in [4.69, 9.17) is 0 Å². The third kappa shape index (κ3) is 5.54. The van der Waals surface area contributed by atoms with E-state index in [1.807, 2.05) is 24.3 Å². The molecule has 0 bridgehead atoms. The number of rotatable bonds is 8. The number of nitrogens with zero attached hydrogens (tertiary/aromatic N) is 10. The van der Waals surface area contributed by atoms with Gasteiger partial charge in [0.2, 0.25) is 0 Å². The molecule has 0 aliphatic rings. The monoisotopic (exact) mass is 522 g/mol. The van der Waals surface area contributed by atoms with Crippen molar-refractivity contribution in [3.05, 3.63) is 106 Å². The van der Waals surface area contributed by atoms with Crippen molar-refractivity contribution in [2.24, 2.45) is 10.2 Å². The highest BCUT2D eigenvalue weighted by Crippen LogP contribution is 2.41. The molecule has 0 atom stereocenters. The number of tetrazole rings is 2. The lowest BCUT2D eigenvalue weighted by atomic mass is 9.82. The van der Waals surface area contributed by atoms with Crippen LogP contribution in [0.3, 0.4) is 0 Å². The summed E-state index contributed by atoms with van der Waals surface area (Å²) in [5, 5.41) is 53.3. The van der Waals surface area contributed by atoms with Crippen LogP contribution in [-0.4, -0.2) is 63.3 Å². The quantitative estimate of drug-likeness (QED) is 0.233. The summed E-state index contributed by atoms with van der Waals surface area (Å²) < 4.78 is 0. The number of hydrogen-bond donors (Lipinski definition) is 2. The molecule has 12 heteroatoms. The molecule has 2 heterocycles. The Morgan fingerprint density at radius 3 is 1.77 bits per heavy atom. The van der Waals surface area contributed by atoms with Gasteiger partial charge in [-0.15, -0.1) is 19.8 Å². The summed E-state index contributed by atoms with van der Waals surface area (Å²) in [6.45, 7) is 5.57. The van der Waals surface area contributed by atoms with E-state index in [0.717, 1.165) is 28.7 Å². The van der Waals surface area contributed by atoms with E-state index in [-0.39, 0.29) is 11.5 Å². The highest BCUT2D eigenvalue weighted by Gasteiger charge is 2.24. The molecule has 0 saturated heterocycles. The van der Waals surface area contributed by atoms with Crippen molar-refractivity contribution in [3.8, 4) is 11.5 Å². The molecule has 3 aromatic carbocycles. The van der Waals surface area contributed by atoms with Gasteiger partial charge < -0.3 is 10.2 Å². The van der Waals surface area contributed by atoms with E-state index in [2.05, 4.69) is 60.3 Å². The zero-order valence-electron chi connectivity index (χ0n) is 21.6. The van der Waals surface area contributed by atoms with Crippen molar-refractivity contribution in [2.45, 2.75) is 33.1 Å². The number of aryl methyl sites for hydroxylation is 3. The number of phenolic OH excluding ortho intramolecular Hbond substituents is 2. The van der Waals surface area contributed by atoms with Crippen molar-refractivity contribution < 1.29 is 10.2 Å². The van der Waals surface area contributed by atoms with Crippen molar-refractivity contribution in [1.82, 2.24) is 40.6 Å². The topological polar surface area (TPSA) is 152 Å². The molecule has 0 fully saturated rings. The lowest BCUT2D eigenvalue weighted by Crippen LogP contribution is -2.07. The molecule has 12 nitrogen and oxygen atoms in total. The first-order chi connectivity index (χ1) is 18.9. The molecule has 0 amide bonds. The van der Waals surface area contributed by atoms with E-state index < -0.39 is 5.92 Å². The van der Waals surface area contributed by atoms with Gasteiger partial charge in [0, 0.05) is 17.0 Å². The molecule has 5 aromatic rings. The summed E-state index contributed by atoms with van der Waals surface area (Å²) in [6.07, 6.45) is 4.07. The summed E-state index contributed by atoms with van der Waals surface area (Å²) in [5.41, 5.74) is 4.69. The summed E-state index contributed by atoms with van der Waals surface area (Å²) in [6, 6.07) is 18.5. The zero-order valence-corrected chi connectivity index (χ0v) is 21.6. The summed E-state index contributed by atoms with van der Waals surface area (Å²) in [7, 11) is 0. The first-order valence-corrected chi connectivity index (χ1v) is 12.3. The molecule has 0 aliphatic heterocycles. The van der Waals surface area contributed by atoms with Crippen LogP contribution < -0.4 is 0 Å². The van der Waals surface area contributed by atoms with Gasteiger partial charge in [-0.05, 0) is 99.8 Å². The number of benzene rings is 3. The van der Waals surface area contributed by atoms with Crippen LogP contribution in [-0.2, 0) is 6.42 Å². The van der Waals surface area contributed by atoms with E-state index in [0.29, 0.717) is 22.8 Å². The van der Waals surface area contributed by atoms with E-state index in [1.165, 1.54) is 9.58 Å². The Balaban J connectivity index is 1.62. The van der Waals surface area contributed by atoms with Crippen LogP contribution in [0.15, 0.2) is 70.9 Å². The fourth-order valence-corrected chi connectivity index (χ4v) is 4.20. The molecular weight excluding hydrogens is 496 g/mol. The van der Waals surface area contributed by atoms with Gasteiger partial charge in [0.15, 0.2) is 11.6 Å². The average Bonchev–Trinajstić information content (AvgIpc) is 3.56. The second kappa shape index (κ2) is 11.0. The molecule has 5 rings (SSSR count). The number of phenols is 2. The van der Waals surface area contributed by atoms with Gasteiger partial charge in [-0.2, -0.15) is 10.2 Å². The normalized spacial score (nSPS) is 11.8. The Morgan fingerprint density at radius 1 is 0.769 bits per heavy atom. The van der Waals surface area contributed by atoms with E-state index in [1.54, 1.807) is 50.5 Å². The van der Waals surface area contributed by atoms with Crippen LogP contribution in [0.4, 0.5) is 0 Å². The molecule has 0 spiro atoms. The first kappa shape index (κ1) is 25.4. The maximum absolute atomic E-state index is 11.1. The van der Waals surface area contributed by atoms with Crippen molar-refractivity contribution in [3.63, 3.8) is 0 Å². The zero-order chi connectivity index (χ0) is 27.4. The van der Waals surface area contributed by atoms with Gasteiger partial charge in [-0.1, -0.05) is 31.2 Å². The van der Waals surface area contributed by atoms with Crippen molar-refractivity contribution in [2.75, 3.05) is 0 Å². The predicted octanol–water partition coefficient (Wildman–Crippen LogP) is 3.19. The van der Waals surface area contributed by atoms with Gasteiger partial charge in [-0.25, -0.2) is 0 Å². The lowest BCUT2D eigenvalue weighted by molar-refractivity contribution is 0.458. The first-order valence-electron chi connectivity index (χ1n) is 12.3. The number of hydrogen-bond acceptors (Lipinski definition) is 10. The molecule has 2 aromatic heterocycles. The highest BCUT2D eigenvalue weighted by atomic mass is 16.3. The largest absolute Gasteiger partial charge is 0.508 e. The minimum Gasteiger partial charge on any atom is -0.508 e. The summed E-state index contributed by atoms with van der Waals surface area (Å²) >= 11 is 0. The third-order valence-electron chi connectivity index (χ3n) is 6.26. The van der Waals surface area contributed by atoms with Crippen LogP contribution in [0.25, 0.3) is 0 Å². The number of aromatic hydroxyl groups is 2. The second-order valence-electron chi connectivity index (χ2n) is 8.89. The van der Waals surface area contributed by atoms with Crippen LogP contribution in [0.1, 0.15) is 57.9 Å². The van der Waals surface area contributed by atoms with Gasteiger partial charge in [0.1, 0.15) is 11.5 Å². The van der Waals surface area contributed by atoms with Crippen LogP contribution in [0.2, 0.25) is 0 Å². The molecule has 0 saturated carbocycles. The van der Waals surface area contributed by atoms with Crippen LogP contribution in [0.5, 0.6) is 11.5 Å².